The van der Waals surface area contributed by atoms with E-state index in [4.69, 9.17) is 4.74 Å². The Morgan fingerprint density at radius 3 is 2.33 bits per heavy atom. The topological polar surface area (TPSA) is 69.9 Å². The van der Waals surface area contributed by atoms with Gasteiger partial charge in [-0.15, -0.1) is 0 Å². The molecule has 0 unspecified atom stereocenters. The Morgan fingerprint density at radius 1 is 1.27 bits per heavy atom. The van der Waals surface area contributed by atoms with Crippen LogP contribution in [0.5, 0.6) is 11.5 Å². The minimum atomic E-state index is -0.815. The van der Waals surface area contributed by atoms with Crippen molar-refractivity contribution in [2.24, 2.45) is 0 Å². The van der Waals surface area contributed by atoms with Gasteiger partial charge in [0.15, 0.2) is 0 Å². The molecule has 0 heterocycles. The summed E-state index contributed by atoms with van der Waals surface area (Å²) in [7, 11) is 1.51. The van der Waals surface area contributed by atoms with Gasteiger partial charge in [-0.2, -0.15) is 0 Å². The third-order valence-electron chi connectivity index (χ3n) is 2.53. The number of ether oxygens (including phenoxy) is 1. The van der Waals surface area contributed by atoms with Gasteiger partial charge in [0.05, 0.1) is 20.3 Å². The third kappa shape index (κ3) is 2.22. The van der Waals surface area contributed by atoms with Gasteiger partial charge in [0.1, 0.15) is 11.5 Å². The second-order valence-corrected chi connectivity index (χ2v) is 3.76. The first kappa shape index (κ1) is 11.8. The maximum Gasteiger partial charge on any atom is 0.123 e. The predicted octanol–water partition coefficient (Wildman–Crippen LogP) is 0.643. The van der Waals surface area contributed by atoms with Gasteiger partial charge in [-0.25, -0.2) is 0 Å². The van der Waals surface area contributed by atoms with Crippen molar-refractivity contribution in [3.05, 3.63) is 23.8 Å². The van der Waals surface area contributed by atoms with Gasteiger partial charge in [-0.1, -0.05) is 6.92 Å². The quantitative estimate of drug-likeness (QED) is 0.685. The first-order valence-corrected chi connectivity index (χ1v) is 4.66. The van der Waals surface area contributed by atoms with Crippen molar-refractivity contribution in [3.63, 3.8) is 0 Å². The minimum absolute atomic E-state index is 0.0823. The van der Waals surface area contributed by atoms with Gasteiger partial charge >= 0.3 is 0 Å². The Bertz CT molecular complexity index is 331. The Kier molecular flexibility index (Phi) is 3.55. The summed E-state index contributed by atoms with van der Waals surface area (Å²) in [6.07, 6.45) is 0. The molecule has 4 heteroatoms. The van der Waals surface area contributed by atoms with Gasteiger partial charge in [-0.3, -0.25) is 0 Å². The van der Waals surface area contributed by atoms with Crippen LogP contribution in [0.25, 0.3) is 0 Å². The summed E-state index contributed by atoms with van der Waals surface area (Å²) in [6.45, 7) is 1.26. The largest absolute Gasteiger partial charge is 0.508 e. The van der Waals surface area contributed by atoms with Gasteiger partial charge in [0.25, 0.3) is 0 Å². The number of methoxy groups -OCH3 is 1. The molecule has 0 aromatic heterocycles. The maximum absolute atomic E-state index is 9.37. The Morgan fingerprint density at radius 2 is 1.87 bits per heavy atom. The third-order valence-corrected chi connectivity index (χ3v) is 2.53. The summed E-state index contributed by atoms with van der Waals surface area (Å²) < 4.78 is 5.12. The lowest BCUT2D eigenvalue weighted by atomic mass is 9.83. The molecular weight excluding hydrogens is 196 g/mol. The van der Waals surface area contributed by atoms with Gasteiger partial charge < -0.3 is 20.1 Å². The molecule has 0 aliphatic carbocycles. The monoisotopic (exact) mass is 212 g/mol. The molecule has 0 fully saturated rings. The van der Waals surface area contributed by atoms with Crippen molar-refractivity contribution >= 4 is 0 Å². The van der Waals surface area contributed by atoms with E-state index in [-0.39, 0.29) is 19.0 Å². The van der Waals surface area contributed by atoms with Crippen LogP contribution >= 0.6 is 0 Å². The Balaban J connectivity index is 3.26. The van der Waals surface area contributed by atoms with E-state index in [2.05, 4.69) is 0 Å². The summed E-state index contributed by atoms with van der Waals surface area (Å²) in [4.78, 5) is 0. The van der Waals surface area contributed by atoms with E-state index in [1.165, 1.54) is 19.2 Å². The molecule has 1 rings (SSSR count). The van der Waals surface area contributed by atoms with E-state index in [1.807, 2.05) is 0 Å². The van der Waals surface area contributed by atoms with Crippen LogP contribution in [0.3, 0.4) is 0 Å². The van der Waals surface area contributed by atoms with Gasteiger partial charge in [0, 0.05) is 11.0 Å². The fourth-order valence-corrected chi connectivity index (χ4v) is 1.39. The molecule has 0 atom stereocenters. The summed E-state index contributed by atoms with van der Waals surface area (Å²) >= 11 is 0. The zero-order valence-corrected chi connectivity index (χ0v) is 8.90. The predicted molar refractivity (Wildman–Crippen MR) is 56.2 cm³/mol. The van der Waals surface area contributed by atoms with Crippen LogP contribution in [0.15, 0.2) is 18.2 Å². The van der Waals surface area contributed by atoms with E-state index >= 15 is 0 Å². The van der Waals surface area contributed by atoms with Crippen LogP contribution in [0.1, 0.15) is 12.5 Å². The first-order chi connectivity index (χ1) is 7.07. The van der Waals surface area contributed by atoms with Crippen LogP contribution in [0, 0.1) is 0 Å². The molecule has 0 spiro atoms. The lowest BCUT2D eigenvalue weighted by Gasteiger charge is -2.27. The number of aliphatic hydroxyl groups is 2. The number of phenols is 1. The molecule has 0 saturated heterocycles. The number of phenolic OH excluding ortho intramolecular Hbond substituents is 1. The highest BCUT2D eigenvalue weighted by atomic mass is 16.5. The Hall–Kier alpha value is -1.26. The van der Waals surface area contributed by atoms with Crippen molar-refractivity contribution in [2.75, 3.05) is 20.3 Å². The van der Waals surface area contributed by atoms with E-state index < -0.39 is 5.41 Å². The molecule has 0 radical (unpaired) electrons. The van der Waals surface area contributed by atoms with Crippen molar-refractivity contribution < 1.29 is 20.1 Å². The fraction of sp³-hybridized carbons (Fsp3) is 0.455. The molecule has 15 heavy (non-hydrogen) atoms. The fourth-order valence-electron chi connectivity index (χ4n) is 1.39. The minimum Gasteiger partial charge on any atom is -0.508 e. The number of aliphatic hydroxyl groups excluding tert-OH is 2. The van der Waals surface area contributed by atoms with Crippen LogP contribution < -0.4 is 4.74 Å². The molecule has 0 bridgehead atoms. The molecule has 1 aromatic rings. The SMILES string of the molecule is COc1ccc(O)cc1C(C)(CO)CO. The Labute approximate surface area is 88.8 Å². The van der Waals surface area contributed by atoms with Gasteiger partial charge in [-0.05, 0) is 18.2 Å². The van der Waals surface area contributed by atoms with E-state index in [9.17, 15) is 15.3 Å². The molecule has 4 nitrogen and oxygen atoms in total. The molecule has 0 amide bonds. The first-order valence-electron chi connectivity index (χ1n) is 4.66. The van der Waals surface area contributed by atoms with Gasteiger partial charge in [0.2, 0.25) is 0 Å². The highest BCUT2D eigenvalue weighted by Gasteiger charge is 2.28. The second kappa shape index (κ2) is 4.51. The number of rotatable bonds is 4. The lowest BCUT2D eigenvalue weighted by Crippen LogP contribution is -2.31. The summed E-state index contributed by atoms with van der Waals surface area (Å²) in [6, 6.07) is 4.59. The zero-order valence-electron chi connectivity index (χ0n) is 8.90. The molecule has 84 valence electrons. The maximum atomic E-state index is 9.37. The smallest absolute Gasteiger partial charge is 0.123 e. The average molecular weight is 212 g/mol. The molecule has 1 aromatic carbocycles. The molecule has 3 N–H and O–H groups in total. The number of aromatic hydroxyl groups is 1. The van der Waals surface area contributed by atoms with Crippen molar-refractivity contribution in [1.29, 1.82) is 0 Å². The summed E-state index contributed by atoms with van der Waals surface area (Å²) in [5.74, 6) is 0.623. The van der Waals surface area contributed by atoms with Crippen LogP contribution in [0.4, 0.5) is 0 Å². The molecule has 0 saturated carbocycles. The number of benzene rings is 1. The van der Waals surface area contributed by atoms with E-state index in [0.717, 1.165) is 0 Å². The van der Waals surface area contributed by atoms with Crippen LogP contribution in [0.2, 0.25) is 0 Å². The number of hydrogen-bond donors (Lipinski definition) is 3. The van der Waals surface area contributed by atoms with Crippen molar-refractivity contribution in [2.45, 2.75) is 12.3 Å². The molecule has 0 aliphatic rings. The van der Waals surface area contributed by atoms with Crippen LogP contribution in [-0.2, 0) is 5.41 Å². The normalized spacial score (nSPS) is 11.5. The van der Waals surface area contributed by atoms with Crippen molar-refractivity contribution in [1.82, 2.24) is 0 Å². The number of hydrogen-bond acceptors (Lipinski definition) is 4. The molecule has 0 aliphatic heterocycles. The summed E-state index contributed by atoms with van der Waals surface area (Å²) in [5, 5.41) is 27.9. The highest BCUT2D eigenvalue weighted by Crippen LogP contribution is 2.33. The highest BCUT2D eigenvalue weighted by molar-refractivity contribution is 5.44. The second-order valence-electron chi connectivity index (χ2n) is 3.76. The standard InChI is InChI=1S/C11H16O4/c1-11(6-12,7-13)9-5-8(14)3-4-10(9)15-2/h3-5,12-14H,6-7H2,1-2H3. The zero-order chi connectivity index (χ0) is 11.5. The van der Waals surface area contributed by atoms with Crippen molar-refractivity contribution in [3.8, 4) is 11.5 Å². The molecular formula is C11H16O4. The summed E-state index contributed by atoms with van der Waals surface area (Å²) in [5.41, 5.74) is -0.223. The van der Waals surface area contributed by atoms with E-state index in [0.29, 0.717) is 11.3 Å². The van der Waals surface area contributed by atoms with E-state index in [1.54, 1.807) is 13.0 Å². The van der Waals surface area contributed by atoms with Crippen LogP contribution in [-0.4, -0.2) is 35.6 Å². The average Bonchev–Trinajstić information content (AvgIpc) is 2.28. The lowest BCUT2D eigenvalue weighted by molar-refractivity contribution is 0.127.